The predicted octanol–water partition coefficient (Wildman–Crippen LogP) is 5.74. The van der Waals surface area contributed by atoms with E-state index in [1.807, 2.05) is 37.0 Å². The Bertz CT molecular complexity index is 1510. The molecule has 8 atom stereocenters. The second-order valence-corrected chi connectivity index (χ2v) is 22.2. The Hall–Kier alpha value is -1.93. The molecule has 4 saturated carbocycles. The van der Waals surface area contributed by atoms with Crippen LogP contribution in [0.2, 0.25) is 0 Å². The zero-order valence-electron chi connectivity index (χ0n) is 37.7. The number of rotatable bonds is 16. The van der Waals surface area contributed by atoms with Gasteiger partial charge in [-0.1, -0.05) is 87.0 Å². The lowest BCUT2D eigenvalue weighted by atomic mass is 9.73. The number of hydrogen-bond donors (Lipinski definition) is 5. The van der Waals surface area contributed by atoms with Gasteiger partial charge in [-0.3, -0.25) is 33.7 Å². The molecule has 0 aromatic rings. The molecule has 12 nitrogen and oxygen atoms in total. The lowest BCUT2D eigenvalue weighted by Gasteiger charge is -2.43. The number of fused-ring (bicyclic) bond motifs is 1. The van der Waals surface area contributed by atoms with Crippen LogP contribution < -0.4 is 20.7 Å². The smallest absolute Gasteiger partial charge is 0.256 e. The molecule has 0 aromatic carbocycles. The van der Waals surface area contributed by atoms with Crippen molar-refractivity contribution in [3.8, 4) is 0 Å². The predicted molar refractivity (Wildman–Crippen MR) is 231 cm³/mol. The van der Waals surface area contributed by atoms with Crippen molar-refractivity contribution in [2.45, 2.75) is 201 Å². The zero-order chi connectivity index (χ0) is 42.4. The number of hydrogen-bond acceptors (Lipinski definition) is 9. The average Bonchev–Trinajstić information content (AvgIpc) is 3.89. The van der Waals surface area contributed by atoms with E-state index in [2.05, 4.69) is 67.1 Å². The van der Waals surface area contributed by atoms with Crippen molar-refractivity contribution >= 4 is 35.8 Å². The molecule has 6 aliphatic rings. The molecule has 8 unspecified atom stereocenters. The van der Waals surface area contributed by atoms with E-state index in [9.17, 15) is 24.3 Å². The Balaban J connectivity index is 1.26. The van der Waals surface area contributed by atoms with E-state index >= 15 is 0 Å². The van der Waals surface area contributed by atoms with E-state index in [0.29, 0.717) is 19.4 Å². The number of nitrogens with one attached hydrogen (secondary N) is 4. The van der Waals surface area contributed by atoms with Crippen LogP contribution in [0.25, 0.3) is 0 Å². The van der Waals surface area contributed by atoms with Crippen LogP contribution in [0.5, 0.6) is 0 Å². The van der Waals surface area contributed by atoms with Gasteiger partial charge in [-0.2, -0.15) is 0 Å². The Kier molecular flexibility index (Phi) is 13.7. The number of amides is 4. The summed E-state index contributed by atoms with van der Waals surface area (Å²) in [6.45, 7) is 21.4. The number of carbonyl (C=O) groups is 4. The molecule has 58 heavy (non-hydrogen) atoms. The van der Waals surface area contributed by atoms with Gasteiger partial charge in [-0.15, -0.1) is 0 Å². The maximum Gasteiger partial charge on any atom is 0.256 e. The molecule has 4 aliphatic carbocycles. The molecule has 0 radical (unpaired) electrons. The van der Waals surface area contributed by atoms with Gasteiger partial charge in [0.1, 0.15) is 17.8 Å². The van der Waals surface area contributed by atoms with Gasteiger partial charge >= 0.3 is 0 Å². The summed E-state index contributed by atoms with van der Waals surface area (Å²) in [7, 11) is 1.95. The summed E-state index contributed by atoms with van der Waals surface area (Å²) in [5.74, 6) is -0.688. The molecule has 4 amide bonds. The fourth-order valence-corrected chi connectivity index (χ4v) is 13.2. The molecule has 0 bridgehead atoms. The van der Waals surface area contributed by atoms with E-state index in [1.54, 1.807) is 0 Å². The quantitative estimate of drug-likeness (QED) is 0.123. The van der Waals surface area contributed by atoms with Gasteiger partial charge < -0.3 is 21.1 Å². The second kappa shape index (κ2) is 17.4. The van der Waals surface area contributed by atoms with E-state index in [1.165, 1.54) is 18.6 Å². The van der Waals surface area contributed by atoms with Crippen molar-refractivity contribution in [3.63, 3.8) is 0 Å². The Morgan fingerprint density at radius 1 is 0.862 bits per heavy atom. The number of carbonyl (C=O) groups excluding carboxylic acids is 4. The number of nitrogens with zero attached hydrogens (tertiary/aromatic N) is 3. The standard InChI is InChI=1S/C45H79N7O5S/c1-11-24-50(10)58-49-40(57)45(26-31(45)12-2)48-37(54)33-27-44(42(8,9)43(44)22-18-23-43)28-52(33)39(56)35(41(5,6)7)47-38(55)34(30-19-14-13-15-20-30)46-36(53)32-21-16-17-25-51(32)29(3)4/h29-35,39,56H,11-28H2,1-10H3,(H,46,53)(H,47,55)(H,48,54)(H,49,57). The van der Waals surface area contributed by atoms with Gasteiger partial charge in [0.05, 0.1) is 18.1 Å². The molecular weight excluding hydrogens is 751 g/mol. The molecule has 0 aromatic heterocycles. The first-order valence-electron chi connectivity index (χ1n) is 23.1. The summed E-state index contributed by atoms with van der Waals surface area (Å²) in [5, 5.41) is 22.6. The summed E-state index contributed by atoms with van der Waals surface area (Å²) in [4.78, 5) is 61.8. The minimum Gasteiger partial charge on any atom is -0.376 e. The molecule has 6 rings (SSSR count). The van der Waals surface area contributed by atoms with Gasteiger partial charge in [0.15, 0.2) is 0 Å². The Morgan fingerprint density at radius 3 is 2.09 bits per heavy atom. The molecule has 6 fully saturated rings. The first-order chi connectivity index (χ1) is 27.3. The highest BCUT2D eigenvalue weighted by Gasteiger charge is 2.85. The highest BCUT2D eigenvalue weighted by atomic mass is 32.2. The van der Waals surface area contributed by atoms with Gasteiger partial charge in [0.25, 0.3) is 5.91 Å². The van der Waals surface area contributed by atoms with E-state index < -0.39 is 35.3 Å². The number of piperidine rings is 1. The van der Waals surface area contributed by atoms with E-state index in [-0.39, 0.29) is 63.8 Å². The fraction of sp³-hybridized carbons (Fsp3) is 0.911. The third-order valence-electron chi connectivity index (χ3n) is 16.4. The van der Waals surface area contributed by atoms with Gasteiger partial charge in [-0.25, -0.2) is 4.31 Å². The van der Waals surface area contributed by atoms with Crippen LogP contribution in [0, 0.1) is 33.5 Å². The van der Waals surface area contributed by atoms with Crippen LogP contribution in [-0.2, 0) is 19.2 Å². The van der Waals surface area contributed by atoms with Crippen molar-refractivity contribution in [3.05, 3.63) is 0 Å². The highest BCUT2D eigenvalue weighted by Crippen LogP contribution is 2.88. The number of aliphatic hydroxyl groups is 1. The van der Waals surface area contributed by atoms with Crippen LogP contribution in [0.4, 0.5) is 0 Å². The maximum absolute atomic E-state index is 14.8. The minimum absolute atomic E-state index is 0.00776. The Labute approximate surface area is 354 Å². The van der Waals surface area contributed by atoms with E-state index in [4.69, 9.17) is 0 Å². The third-order valence-corrected chi connectivity index (χ3v) is 17.2. The first kappa shape index (κ1) is 45.6. The lowest BCUT2D eigenvalue weighted by molar-refractivity contribution is -0.140. The molecule has 330 valence electrons. The molecular formula is C45H79N7O5S. The van der Waals surface area contributed by atoms with Crippen molar-refractivity contribution in [1.82, 2.24) is 34.8 Å². The fourth-order valence-electron chi connectivity index (χ4n) is 12.5. The third kappa shape index (κ3) is 8.22. The SMILES string of the molecule is CCCN(C)SNC(=O)C1(NC(=O)C2CC3(CN2C(O)C(NC(=O)C(NC(=O)C2CCCCN2C(C)C)C2CCCCC2)C(C)(C)C)C(C)(C)C32CCC2)CC1CC. The number of likely N-dealkylation sites (tertiary alicyclic amines) is 2. The molecule has 13 heteroatoms. The largest absolute Gasteiger partial charge is 0.376 e. The topological polar surface area (TPSA) is 146 Å². The molecule has 2 heterocycles. The van der Waals surface area contributed by atoms with Crippen LogP contribution in [0.3, 0.4) is 0 Å². The summed E-state index contributed by atoms with van der Waals surface area (Å²) in [6, 6.07) is -2.15. The van der Waals surface area contributed by atoms with Crippen molar-refractivity contribution < 1.29 is 24.3 Å². The van der Waals surface area contributed by atoms with E-state index in [0.717, 1.165) is 90.1 Å². The van der Waals surface area contributed by atoms with Crippen molar-refractivity contribution in [1.29, 1.82) is 0 Å². The molecule has 2 spiro atoms. The van der Waals surface area contributed by atoms with Crippen LogP contribution in [0.15, 0.2) is 0 Å². The molecule has 5 N–H and O–H groups in total. The van der Waals surface area contributed by atoms with Gasteiger partial charge in [-0.05, 0) is 119 Å². The summed E-state index contributed by atoms with van der Waals surface area (Å²) in [5.41, 5.74) is -1.63. The molecule has 2 saturated heterocycles. The average molecular weight is 830 g/mol. The Morgan fingerprint density at radius 2 is 1.53 bits per heavy atom. The summed E-state index contributed by atoms with van der Waals surface area (Å²) >= 11 is 1.27. The highest BCUT2D eigenvalue weighted by molar-refractivity contribution is 7.95. The minimum atomic E-state index is -1.17. The number of aliphatic hydroxyl groups excluding tert-OH is 1. The summed E-state index contributed by atoms with van der Waals surface area (Å²) < 4.78 is 5.01. The van der Waals surface area contributed by atoms with Gasteiger partial charge in [0.2, 0.25) is 17.7 Å². The second-order valence-electron chi connectivity index (χ2n) is 21.2. The van der Waals surface area contributed by atoms with Crippen molar-refractivity contribution in [2.24, 2.45) is 33.5 Å². The van der Waals surface area contributed by atoms with Crippen LogP contribution in [0.1, 0.15) is 159 Å². The normalized spacial score (nSPS) is 32.4. The summed E-state index contributed by atoms with van der Waals surface area (Å²) in [6.07, 6.45) is 12.9. The lowest BCUT2D eigenvalue weighted by Crippen LogP contribution is -2.64. The first-order valence-corrected chi connectivity index (χ1v) is 23.9. The van der Waals surface area contributed by atoms with Crippen LogP contribution >= 0.6 is 12.1 Å². The van der Waals surface area contributed by atoms with Gasteiger partial charge in [0, 0.05) is 31.3 Å². The van der Waals surface area contributed by atoms with Crippen LogP contribution in [-0.4, -0.2) is 111 Å². The maximum atomic E-state index is 14.8. The zero-order valence-corrected chi connectivity index (χ0v) is 38.5. The van der Waals surface area contributed by atoms with Crippen molar-refractivity contribution in [2.75, 3.05) is 26.7 Å². The monoisotopic (exact) mass is 830 g/mol. The molecule has 2 aliphatic heterocycles.